The number of hydrogen-bond acceptors (Lipinski definition) is 1. The zero-order valence-corrected chi connectivity index (χ0v) is 6.18. The molecule has 0 heterocycles. The highest BCUT2D eigenvalue weighted by Gasteiger charge is 2.12. The van der Waals surface area contributed by atoms with E-state index >= 15 is 0 Å². The highest BCUT2D eigenvalue weighted by molar-refractivity contribution is 9.12. The van der Waals surface area contributed by atoms with E-state index in [-0.39, 0.29) is 0 Å². The van der Waals surface area contributed by atoms with Gasteiger partial charge in [0.25, 0.3) is 0 Å². The lowest BCUT2D eigenvalue weighted by molar-refractivity contribution is -0.132. The third-order valence-electron chi connectivity index (χ3n) is 1.13. The van der Waals surface area contributed by atoms with Crippen molar-refractivity contribution in [2.45, 2.75) is 6.42 Å². The van der Waals surface area contributed by atoms with Crippen molar-refractivity contribution in [3.8, 4) is 0 Å². The van der Waals surface area contributed by atoms with Gasteiger partial charge in [0.15, 0.2) is 0 Å². The van der Waals surface area contributed by atoms with Crippen molar-refractivity contribution in [3.05, 3.63) is 22.2 Å². The van der Waals surface area contributed by atoms with Crippen LogP contribution in [0.4, 0.5) is 0 Å². The van der Waals surface area contributed by atoms with Crippen LogP contribution in [0.25, 0.3) is 0 Å². The summed E-state index contributed by atoms with van der Waals surface area (Å²) in [4.78, 5) is 10.3. The van der Waals surface area contributed by atoms with E-state index in [1.807, 2.05) is 6.08 Å². The van der Waals surface area contributed by atoms with E-state index in [0.717, 1.165) is 0 Å². The van der Waals surface area contributed by atoms with E-state index in [1.54, 1.807) is 6.08 Å². The zero-order chi connectivity index (χ0) is 6.85. The molecule has 0 atom stereocenters. The first kappa shape index (κ1) is 6.55. The molecule has 9 heavy (non-hydrogen) atoms. The van der Waals surface area contributed by atoms with Crippen LogP contribution in [0.5, 0.6) is 0 Å². The molecule has 0 amide bonds. The van der Waals surface area contributed by atoms with Crippen molar-refractivity contribution in [1.29, 1.82) is 0 Å². The van der Waals surface area contributed by atoms with Crippen molar-refractivity contribution in [3.63, 3.8) is 0 Å². The van der Waals surface area contributed by atoms with Crippen molar-refractivity contribution in [2.75, 3.05) is 0 Å². The Balaban J connectivity index is 2.85. The molecule has 0 radical (unpaired) electrons. The first-order valence-corrected chi connectivity index (χ1v) is 3.29. The molecule has 0 saturated carbocycles. The summed E-state index contributed by atoms with van der Waals surface area (Å²) < 4.78 is 0.690. The minimum atomic E-state index is -0.841. The summed E-state index contributed by atoms with van der Waals surface area (Å²) in [5.41, 5.74) is 0.440. The second-order valence-corrected chi connectivity index (χ2v) is 2.59. The first-order valence-electron chi connectivity index (χ1n) is 2.50. The molecule has 0 bridgehead atoms. The third-order valence-corrected chi connectivity index (χ3v) is 1.88. The van der Waals surface area contributed by atoms with E-state index in [4.69, 9.17) is 5.11 Å². The van der Waals surface area contributed by atoms with E-state index in [9.17, 15) is 4.79 Å². The van der Waals surface area contributed by atoms with E-state index < -0.39 is 5.97 Å². The van der Waals surface area contributed by atoms with Gasteiger partial charge in [-0.3, -0.25) is 0 Å². The van der Waals surface area contributed by atoms with E-state index in [2.05, 4.69) is 15.9 Å². The molecule has 0 unspecified atom stereocenters. The Bertz CT molecular complexity index is 203. The van der Waals surface area contributed by atoms with Gasteiger partial charge in [-0.1, -0.05) is 28.1 Å². The molecular formula is C6H5BrO2. The topological polar surface area (TPSA) is 37.3 Å². The number of carbonyl (C=O) groups is 1. The number of carboxylic acid groups (broad SMARTS) is 1. The lowest BCUT2D eigenvalue weighted by atomic mass is 10.2. The predicted molar refractivity (Wildman–Crippen MR) is 37.3 cm³/mol. The normalized spacial score (nSPS) is 17.0. The second kappa shape index (κ2) is 2.35. The van der Waals surface area contributed by atoms with Crippen LogP contribution < -0.4 is 0 Å². The number of halogens is 1. The van der Waals surface area contributed by atoms with Gasteiger partial charge in [-0.05, 0) is 6.42 Å². The summed E-state index contributed by atoms with van der Waals surface area (Å²) in [5, 5.41) is 8.46. The van der Waals surface area contributed by atoms with Crippen molar-refractivity contribution in [1.82, 2.24) is 0 Å². The molecule has 1 rings (SSSR count). The quantitative estimate of drug-likeness (QED) is 0.681. The Morgan fingerprint density at radius 3 is 2.67 bits per heavy atom. The monoisotopic (exact) mass is 188 g/mol. The maximum Gasteiger partial charge on any atom is 0.333 e. The SMILES string of the molecule is O=C(O)C1=C(Br)C=CC1. The first-order chi connectivity index (χ1) is 4.22. The molecular weight excluding hydrogens is 184 g/mol. The van der Waals surface area contributed by atoms with Crippen LogP contribution in [-0.4, -0.2) is 11.1 Å². The van der Waals surface area contributed by atoms with Crippen molar-refractivity contribution < 1.29 is 9.90 Å². The molecule has 0 aromatic carbocycles. The van der Waals surface area contributed by atoms with Crippen LogP contribution in [0, 0.1) is 0 Å². The maximum atomic E-state index is 10.3. The minimum Gasteiger partial charge on any atom is -0.478 e. The van der Waals surface area contributed by atoms with Crippen LogP contribution >= 0.6 is 15.9 Å². The maximum absolute atomic E-state index is 10.3. The summed E-state index contributed by atoms with van der Waals surface area (Å²) in [5.74, 6) is -0.841. The number of allylic oxidation sites excluding steroid dienone is 3. The fourth-order valence-corrected chi connectivity index (χ4v) is 1.19. The Hall–Kier alpha value is -0.570. The van der Waals surface area contributed by atoms with Gasteiger partial charge in [-0.2, -0.15) is 0 Å². The number of aliphatic carboxylic acids is 1. The van der Waals surface area contributed by atoms with Gasteiger partial charge in [-0.25, -0.2) is 4.79 Å². The van der Waals surface area contributed by atoms with Crippen LogP contribution in [0.2, 0.25) is 0 Å². The van der Waals surface area contributed by atoms with Crippen molar-refractivity contribution >= 4 is 21.9 Å². The molecule has 1 N–H and O–H groups in total. The molecule has 1 aliphatic rings. The summed E-state index contributed by atoms with van der Waals surface area (Å²) >= 11 is 3.12. The zero-order valence-electron chi connectivity index (χ0n) is 4.60. The lowest BCUT2D eigenvalue weighted by Gasteiger charge is -1.91. The molecule has 1 aliphatic carbocycles. The van der Waals surface area contributed by atoms with Gasteiger partial charge in [-0.15, -0.1) is 0 Å². The average Bonchev–Trinajstić information content (AvgIpc) is 2.13. The van der Waals surface area contributed by atoms with Gasteiger partial charge in [0, 0.05) is 4.48 Å². The Morgan fingerprint density at radius 2 is 2.44 bits per heavy atom. The second-order valence-electron chi connectivity index (χ2n) is 1.74. The fraction of sp³-hybridized carbons (Fsp3) is 0.167. The molecule has 0 fully saturated rings. The molecule has 0 aliphatic heterocycles. The molecule has 0 spiro atoms. The Labute approximate surface area is 61.0 Å². The fourth-order valence-electron chi connectivity index (χ4n) is 0.668. The molecule has 2 nitrogen and oxygen atoms in total. The molecule has 0 aromatic rings. The van der Waals surface area contributed by atoms with Gasteiger partial charge < -0.3 is 5.11 Å². The van der Waals surface area contributed by atoms with Gasteiger partial charge in [0.2, 0.25) is 0 Å². The number of hydrogen-bond donors (Lipinski definition) is 1. The van der Waals surface area contributed by atoms with E-state index in [1.165, 1.54) is 0 Å². The smallest absolute Gasteiger partial charge is 0.333 e. The summed E-state index contributed by atoms with van der Waals surface area (Å²) in [7, 11) is 0. The average molecular weight is 189 g/mol. The molecule has 3 heteroatoms. The highest BCUT2D eigenvalue weighted by atomic mass is 79.9. The summed E-state index contributed by atoms with van der Waals surface area (Å²) in [6, 6.07) is 0. The summed E-state index contributed by atoms with van der Waals surface area (Å²) in [6.45, 7) is 0. The Kier molecular flexibility index (Phi) is 1.71. The lowest BCUT2D eigenvalue weighted by Crippen LogP contribution is -1.97. The van der Waals surface area contributed by atoms with Crippen molar-refractivity contribution in [2.24, 2.45) is 0 Å². The van der Waals surface area contributed by atoms with E-state index in [0.29, 0.717) is 16.5 Å². The number of rotatable bonds is 1. The van der Waals surface area contributed by atoms with Gasteiger partial charge in [0.05, 0.1) is 5.57 Å². The molecule has 0 saturated heterocycles. The van der Waals surface area contributed by atoms with Crippen LogP contribution in [0.15, 0.2) is 22.2 Å². The van der Waals surface area contributed by atoms with Gasteiger partial charge in [0.1, 0.15) is 0 Å². The van der Waals surface area contributed by atoms with Crippen LogP contribution in [0.1, 0.15) is 6.42 Å². The third kappa shape index (κ3) is 1.21. The van der Waals surface area contributed by atoms with Crippen LogP contribution in [-0.2, 0) is 4.79 Å². The number of carboxylic acids is 1. The Morgan fingerprint density at radius 1 is 1.78 bits per heavy atom. The molecule has 48 valence electrons. The highest BCUT2D eigenvalue weighted by Crippen LogP contribution is 2.23. The largest absolute Gasteiger partial charge is 0.478 e. The molecule has 0 aromatic heterocycles. The van der Waals surface area contributed by atoms with Crippen LogP contribution in [0.3, 0.4) is 0 Å². The standard InChI is InChI=1S/C6H5BrO2/c7-5-3-1-2-4(5)6(8)9/h1,3H,2H2,(H,8,9). The summed E-state index contributed by atoms with van der Waals surface area (Å²) in [6.07, 6.45) is 4.10. The minimum absolute atomic E-state index is 0.440. The van der Waals surface area contributed by atoms with Gasteiger partial charge >= 0.3 is 5.97 Å². The predicted octanol–water partition coefficient (Wildman–Crippen LogP) is 1.68.